The van der Waals surface area contributed by atoms with Gasteiger partial charge in [0.1, 0.15) is 11.6 Å². The van der Waals surface area contributed by atoms with E-state index in [0.29, 0.717) is 13.1 Å². The van der Waals surface area contributed by atoms with Gasteiger partial charge in [-0.2, -0.15) is 0 Å². The van der Waals surface area contributed by atoms with Gasteiger partial charge in [0.15, 0.2) is 6.79 Å². The molecule has 0 radical (unpaired) electrons. The number of likely N-dealkylation sites (tertiary alicyclic amines) is 2. The first-order valence-corrected chi connectivity index (χ1v) is 21.2. The van der Waals surface area contributed by atoms with E-state index in [1.54, 1.807) is 0 Å². The normalized spacial score (nSPS) is 18.6. The van der Waals surface area contributed by atoms with Crippen molar-refractivity contribution in [1.82, 2.24) is 40.4 Å². The number of aromatic nitrogens is 4. The van der Waals surface area contributed by atoms with E-state index in [-0.39, 0.29) is 49.6 Å². The molecule has 2 aromatic heterocycles. The highest BCUT2D eigenvalue weighted by atomic mass is 16.9. The second-order valence-electron chi connectivity index (χ2n) is 15.9. The van der Waals surface area contributed by atoms with Crippen LogP contribution in [0.3, 0.4) is 0 Å². The molecule has 318 valence electrons. The Balaban J connectivity index is 0.824. The standard InChI is InChI=1S/C48H50N8O6/c1-60-47(59)53-37(33-10-4-2-5-11-33)26-43(57)55-24-8-14-41(55)45-49-28-39(51-45)35-20-16-31(17-21-35)32-18-22-36(23-19-32)40-29-50-46(52-40)42-15-9-25-56(42)44(58)27-38(54-48-61-30-62-48)34-12-6-3-7-13-34/h2-7,10-13,16-23,28-29,37-38,41-42,48,54H,8-9,14-15,24-27,30H2,1H3,(H,49,51)(H,50,52)(H,53,59)/t37-,38-,41+,42+/m1/s1. The second-order valence-corrected chi connectivity index (χ2v) is 15.9. The average Bonchev–Trinajstić information content (AvgIpc) is 4.15. The van der Waals surface area contributed by atoms with E-state index in [4.69, 9.17) is 24.2 Å². The van der Waals surface area contributed by atoms with Crippen LogP contribution in [0.4, 0.5) is 4.79 Å². The van der Waals surface area contributed by atoms with Gasteiger partial charge in [0.05, 0.1) is 55.4 Å². The van der Waals surface area contributed by atoms with E-state index in [2.05, 4.69) is 69.1 Å². The minimum atomic E-state index is -0.580. The molecule has 0 aliphatic carbocycles. The highest BCUT2D eigenvalue weighted by Crippen LogP contribution is 2.36. The van der Waals surface area contributed by atoms with Gasteiger partial charge in [-0.25, -0.2) is 14.8 Å². The third kappa shape index (κ3) is 9.03. The molecule has 4 aromatic carbocycles. The molecule has 4 atom stereocenters. The topological polar surface area (TPSA) is 167 Å². The van der Waals surface area contributed by atoms with Gasteiger partial charge in [0, 0.05) is 25.6 Å². The maximum Gasteiger partial charge on any atom is 0.407 e. The number of methoxy groups -OCH3 is 1. The summed E-state index contributed by atoms with van der Waals surface area (Å²) in [4.78, 5) is 59.9. The Morgan fingerprint density at radius 3 is 1.56 bits per heavy atom. The van der Waals surface area contributed by atoms with Crippen molar-refractivity contribution in [3.8, 4) is 33.6 Å². The number of alkyl carbamates (subject to hydrolysis) is 1. The summed E-state index contributed by atoms with van der Waals surface area (Å²) in [5.74, 6) is 1.54. The molecule has 5 heterocycles. The van der Waals surface area contributed by atoms with E-state index in [1.165, 1.54) is 7.11 Å². The molecule has 14 nitrogen and oxygen atoms in total. The number of rotatable bonds is 14. The summed E-state index contributed by atoms with van der Waals surface area (Å²) in [6, 6.07) is 35.0. The molecule has 62 heavy (non-hydrogen) atoms. The highest BCUT2D eigenvalue weighted by Gasteiger charge is 2.36. The predicted molar refractivity (Wildman–Crippen MR) is 232 cm³/mol. The molecule has 3 aliphatic rings. The second kappa shape index (κ2) is 18.6. The van der Waals surface area contributed by atoms with Crippen LogP contribution in [-0.2, 0) is 23.8 Å². The van der Waals surface area contributed by atoms with Crippen LogP contribution in [0.5, 0.6) is 0 Å². The van der Waals surface area contributed by atoms with E-state index in [0.717, 1.165) is 82.1 Å². The fourth-order valence-corrected chi connectivity index (χ4v) is 8.77. The van der Waals surface area contributed by atoms with Gasteiger partial charge in [-0.1, -0.05) is 109 Å². The molecule has 3 saturated heterocycles. The van der Waals surface area contributed by atoms with Crippen molar-refractivity contribution in [2.24, 2.45) is 0 Å². The number of H-pyrrole nitrogens is 2. The summed E-state index contributed by atoms with van der Waals surface area (Å²) in [6.45, 7) is 1.55. The number of carbonyl (C=O) groups is 3. The largest absolute Gasteiger partial charge is 0.453 e. The SMILES string of the molecule is COC(=O)N[C@H](CC(=O)N1CCC[C@H]1c1ncc(-c2ccc(-c3ccc(-c4cnc([C@@H]5CCCN5C(=O)C[C@@H](NC5OCO5)c5ccccc5)[nH]4)cc3)cc2)[nH]1)c1ccccc1. The number of ether oxygens (including phenoxy) is 3. The van der Waals surface area contributed by atoms with Gasteiger partial charge in [-0.3, -0.25) is 14.9 Å². The Bertz CT molecular complexity index is 2450. The number of imidazole rings is 2. The van der Waals surface area contributed by atoms with Crippen molar-refractivity contribution in [2.75, 3.05) is 27.0 Å². The molecule has 9 rings (SSSR count). The van der Waals surface area contributed by atoms with Crippen LogP contribution in [-0.4, -0.2) is 81.0 Å². The lowest BCUT2D eigenvalue weighted by Gasteiger charge is -2.32. The van der Waals surface area contributed by atoms with Gasteiger partial charge < -0.3 is 39.3 Å². The molecule has 14 heteroatoms. The van der Waals surface area contributed by atoms with E-state index in [9.17, 15) is 14.4 Å². The van der Waals surface area contributed by atoms with Gasteiger partial charge in [0.2, 0.25) is 18.2 Å². The third-order valence-corrected chi connectivity index (χ3v) is 12.1. The maximum absolute atomic E-state index is 13.8. The van der Waals surface area contributed by atoms with Crippen LogP contribution in [0.15, 0.2) is 122 Å². The van der Waals surface area contributed by atoms with Crippen molar-refractivity contribution in [3.05, 3.63) is 144 Å². The molecule has 0 bridgehead atoms. The van der Waals surface area contributed by atoms with Crippen LogP contribution in [0.1, 0.15) is 85.5 Å². The molecule has 3 amide bonds. The van der Waals surface area contributed by atoms with Crippen molar-refractivity contribution >= 4 is 17.9 Å². The van der Waals surface area contributed by atoms with Gasteiger partial charge in [-0.15, -0.1) is 0 Å². The zero-order chi connectivity index (χ0) is 42.4. The highest BCUT2D eigenvalue weighted by molar-refractivity contribution is 5.79. The number of amides is 3. The first kappa shape index (κ1) is 40.8. The number of nitrogens with zero attached hydrogens (tertiary/aromatic N) is 4. The predicted octanol–water partition coefficient (Wildman–Crippen LogP) is 7.96. The van der Waals surface area contributed by atoms with Crippen molar-refractivity contribution in [1.29, 1.82) is 0 Å². The fraction of sp³-hybridized carbons (Fsp3) is 0.312. The van der Waals surface area contributed by atoms with Crippen LogP contribution in [0.25, 0.3) is 33.6 Å². The number of nitrogens with one attached hydrogen (secondary N) is 4. The minimum absolute atomic E-state index is 0.0561. The Morgan fingerprint density at radius 1 is 0.661 bits per heavy atom. The number of benzene rings is 4. The Labute approximate surface area is 360 Å². The van der Waals surface area contributed by atoms with Crippen molar-refractivity contribution < 1.29 is 28.6 Å². The monoisotopic (exact) mass is 834 g/mol. The smallest absolute Gasteiger partial charge is 0.407 e. The lowest BCUT2D eigenvalue weighted by Crippen LogP contribution is -2.46. The van der Waals surface area contributed by atoms with Gasteiger partial charge in [0.25, 0.3) is 0 Å². The molecule has 6 aromatic rings. The third-order valence-electron chi connectivity index (χ3n) is 12.1. The zero-order valence-electron chi connectivity index (χ0n) is 34.5. The van der Waals surface area contributed by atoms with E-state index in [1.807, 2.05) is 82.9 Å². The Kier molecular flexibility index (Phi) is 12.2. The Morgan fingerprint density at radius 2 is 1.11 bits per heavy atom. The van der Waals surface area contributed by atoms with E-state index >= 15 is 0 Å². The lowest BCUT2D eigenvalue weighted by molar-refractivity contribution is -0.335. The average molecular weight is 835 g/mol. The maximum atomic E-state index is 13.8. The number of hydrogen-bond donors (Lipinski definition) is 4. The van der Waals surface area contributed by atoms with Crippen LogP contribution in [0, 0.1) is 0 Å². The summed E-state index contributed by atoms with van der Waals surface area (Å²) >= 11 is 0. The van der Waals surface area contributed by atoms with Crippen LogP contribution >= 0.6 is 0 Å². The molecular formula is C48H50N8O6. The first-order valence-electron chi connectivity index (χ1n) is 21.2. The molecular weight excluding hydrogens is 785 g/mol. The van der Waals surface area contributed by atoms with Gasteiger partial charge in [-0.05, 0) is 59.1 Å². The van der Waals surface area contributed by atoms with Crippen LogP contribution in [0.2, 0.25) is 0 Å². The molecule has 0 unspecified atom stereocenters. The summed E-state index contributed by atoms with van der Waals surface area (Å²) < 4.78 is 15.7. The quantitative estimate of drug-likeness (QED) is 0.0852. The summed E-state index contributed by atoms with van der Waals surface area (Å²) in [6.07, 6.45) is 6.39. The zero-order valence-corrected chi connectivity index (χ0v) is 34.5. The Hall–Kier alpha value is -6.61. The molecule has 0 saturated carbocycles. The number of hydrogen-bond acceptors (Lipinski definition) is 9. The molecule has 4 N–H and O–H groups in total. The summed E-state index contributed by atoms with van der Waals surface area (Å²) in [7, 11) is 1.31. The molecule has 0 spiro atoms. The summed E-state index contributed by atoms with van der Waals surface area (Å²) in [5, 5.41) is 6.14. The van der Waals surface area contributed by atoms with E-state index < -0.39 is 18.5 Å². The molecule has 3 aliphatic heterocycles. The fourth-order valence-electron chi connectivity index (χ4n) is 8.77. The van der Waals surface area contributed by atoms with Crippen molar-refractivity contribution in [2.45, 2.75) is 69.1 Å². The minimum Gasteiger partial charge on any atom is -0.453 e. The van der Waals surface area contributed by atoms with Crippen LogP contribution < -0.4 is 10.6 Å². The molecule has 3 fully saturated rings. The number of aromatic amines is 2. The lowest BCUT2D eigenvalue weighted by atomic mass is 10.0. The number of carbonyl (C=O) groups excluding carboxylic acids is 3. The van der Waals surface area contributed by atoms with Crippen molar-refractivity contribution in [3.63, 3.8) is 0 Å². The summed E-state index contributed by atoms with van der Waals surface area (Å²) in [5.41, 5.74) is 7.77. The van der Waals surface area contributed by atoms with Gasteiger partial charge >= 0.3 is 6.09 Å². The first-order chi connectivity index (χ1) is 30.4.